The maximum atomic E-state index is 12.4. The number of hydrogen-bond acceptors (Lipinski definition) is 5. The van der Waals surface area contributed by atoms with Gasteiger partial charge in [-0.2, -0.15) is 0 Å². The molecule has 0 fully saturated rings. The topological polar surface area (TPSA) is 72.4 Å². The van der Waals surface area contributed by atoms with Crippen molar-refractivity contribution in [2.75, 3.05) is 6.54 Å². The van der Waals surface area contributed by atoms with Gasteiger partial charge in [0.1, 0.15) is 5.65 Å². The fourth-order valence-corrected chi connectivity index (χ4v) is 3.42. The molecule has 126 valence electrons. The van der Waals surface area contributed by atoms with Crippen LogP contribution in [0, 0.1) is 6.92 Å². The van der Waals surface area contributed by atoms with Crippen LogP contribution in [0.15, 0.2) is 52.9 Å². The molecule has 4 heterocycles. The van der Waals surface area contributed by atoms with Gasteiger partial charge in [0.25, 0.3) is 5.91 Å². The number of carbonyl (C=O) groups excluding carboxylic acids is 1. The first kappa shape index (κ1) is 15.6. The number of oxazole rings is 1. The molecule has 4 aromatic heterocycles. The van der Waals surface area contributed by atoms with Crippen LogP contribution in [0.25, 0.3) is 16.3 Å². The Bertz CT molecular complexity index is 1020. The van der Waals surface area contributed by atoms with Crippen molar-refractivity contribution in [1.82, 2.24) is 19.7 Å². The molecule has 0 unspecified atom stereocenters. The van der Waals surface area contributed by atoms with Crippen molar-refractivity contribution in [2.24, 2.45) is 0 Å². The molecule has 6 nitrogen and oxygen atoms in total. The van der Waals surface area contributed by atoms with E-state index in [4.69, 9.17) is 4.42 Å². The van der Waals surface area contributed by atoms with Gasteiger partial charge in [-0.3, -0.25) is 4.79 Å². The quantitative estimate of drug-likeness (QED) is 0.598. The third-order valence-corrected chi connectivity index (χ3v) is 4.79. The molecule has 0 bridgehead atoms. The zero-order valence-electron chi connectivity index (χ0n) is 13.6. The number of fused-ring (bicyclic) bond motifs is 1. The van der Waals surface area contributed by atoms with Crippen molar-refractivity contribution >= 4 is 22.9 Å². The molecular formula is C18H16N4O2S. The van der Waals surface area contributed by atoms with E-state index in [0.717, 1.165) is 21.8 Å². The molecular weight excluding hydrogens is 336 g/mol. The normalized spacial score (nSPS) is 11.1. The van der Waals surface area contributed by atoms with Crippen LogP contribution in [0.5, 0.6) is 0 Å². The number of pyridine rings is 1. The SMILES string of the molecule is Cc1cccn2cc(CCNC(=O)c3ncoc3-c3cccs3)nc12. The average Bonchev–Trinajstić information content (AvgIpc) is 3.34. The predicted octanol–water partition coefficient (Wildman–Crippen LogP) is 3.33. The first-order chi connectivity index (χ1) is 12.2. The Morgan fingerprint density at radius 3 is 3.08 bits per heavy atom. The third kappa shape index (κ3) is 3.06. The van der Waals surface area contributed by atoms with Gasteiger partial charge >= 0.3 is 0 Å². The molecule has 25 heavy (non-hydrogen) atoms. The van der Waals surface area contributed by atoms with Gasteiger partial charge in [0.05, 0.1) is 10.6 Å². The van der Waals surface area contributed by atoms with Crippen LogP contribution in [0.4, 0.5) is 0 Å². The van der Waals surface area contributed by atoms with Crippen LogP contribution in [0.1, 0.15) is 21.7 Å². The van der Waals surface area contributed by atoms with Gasteiger partial charge < -0.3 is 14.1 Å². The number of thiophene rings is 1. The molecule has 0 saturated heterocycles. The first-order valence-electron chi connectivity index (χ1n) is 7.91. The van der Waals surface area contributed by atoms with E-state index < -0.39 is 0 Å². The Morgan fingerprint density at radius 1 is 1.36 bits per heavy atom. The van der Waals surface area contributed by atoms with E-state index in [1.807, 2.05) is 53.4 Å². The molecule has 0 spiro atoms. The summed E-state index contributed by atoms with van der Waals surface area (Å²) in [6.45, 7) is 2.52. The maximum absolute atomic E-state index is 12.4. The lowest BCUT2D eigenvalue weighted by Gasteiger charge is -2.02. The summed E-state index contributed by atoms with van der Waals surface area (Å²) in [5.41, 5.74) is 3.32. The molecule has 0 aromatic carbocycles. The Hall–Kier alpha value is -2.93. The Balaban J connectivity index is 1.42. The lowest BCUT2D eigenvalue weighted by molar-refractivity contribution is 0.0950. The van der Waals surface area contributed by atoms with Crippen molar-refractivity contribution in [3.05, 3.63) is 65.4 Å². The Morgan fingerprint density at radius 2 is 2.28 bits per heavy atom. The molecule has 7 heteroatoms. The van der Waals surface area contributed by atoms with Crippen molar-refractivity contribution in [3.63, 3.8) is 0 Å². The highest BCUT2D eigenvalue weighted by atomic mass is 32.1. The van der Waals surface area contributed by atoms with Gasteiger partial charge in [0.2, 0.25) is 0 Å². The molecule has 0 radical (unpaired) electrons. The summed E-state index contributed by atoms with van der Waals surface area (Å²) < 4.78 is 7.37. The van der Waals surface area contributed by atoms with Crippen LogP contribution >= 0.6 is 11.3 Å². The van der Waals surface area contributed by atoms with Crippen LogP contribution in [-0.4, -0.2) is 26.8 Å². The molecule has 0 aliphatic carbocycles. The van der Waals surface area contributed by atoms with Gasteiger partial charge in [-0.1, -0.05) is 12.1 Å². The minimum atomic E-state index is -0.239. The standard InChI is InChI=1S/C18H16N4O2S/c1-12-4-2-8-22-10-13(21-17(12)22)6-7-19-18(23)15-16(24-11-20-15)14-5-3-9-25-14/h2-5,8-11H,6-7H2,1H3,(H,19,23). The second-order valence-corrected chi connectivity index (χ2v) is 6.62. The Kier molecular flexibility index (Phi) is 4.07. The summed E-state index contributed by atoms with van der Waals surface area (Å²) in [5, 5.41) is 4.82. The lowest BCUT2D eigenvalue weighted by atomic mass is 10.2. The van der Waals surface area contributed by atoms with Gasteiger partial charge in [-0.25, -0.2) is 9.97 Å². The minimum Gasteiger partial charge on any atom is -0.442 e. The number of hydrogen-bond donors (Lipinski definition) is 1. The van der Waals surface area contributed by atoms with Gasteiger partial charge in [-0.05, 0) is 30.0 Å². The monoisotopic (exact) mass is 352 g/mol. The number of imidazole rings is 1. The van der Waals surface area contributed by atoms with Gasteiger partial charge in [-0.15, -0.1) is 11.3 Å². The molecule has 1 N–H and O–H groups in total. The van der Waals surface area contributed by atoms with Crippen molar-refractivity contribution in [3.8, 4) is 10.6 Å². The van der Waals surface area contributed by atoms with E-state index in [1.165, 1.54) is 17.7 Å². The summed E-state index contributed by atoms with van der Waals surface area (Å²) in [7, 11) is 0. The summed E-state index contributed by atoms with van der Waals surface area (Å²) in [5.74, 6) is 0.271. The van der Waals surface area contributed by atoms with E-state index >= 15 is 0 Å². The molecule has 1 amide bonds. The number of carbonyl (C=O) groups is 1. The molecule has 0 aliphatic rings. The summed E-state index contributed by atoms with van der Waals surface area (Å²) in [6.07, 6.45) is 5.91. The van der Waals surface area contributed by atoms with Crippen LogP contribution in [0.2, 0.25) is 0 Å². The highest BCUT2D eigenvalue weighted by Crippen LogP contribution is 2.27. The largest absolute Gasteiger partial charge is 0.442 e. The molecule has 0 aliphatic heterocycles. The van der Waals surface area contributed by atoms with Crippen molar-refractivity contribution in [1.29, 1.82) is 0 Å². The van der Waals surface area contributed by atoms with Crippen LogP contribution < -0.4 is 5.32 Å². The zero-order valence-corrected chi connectivity index (χ0v) is 14.4. The van der Waals surface area contributed by atoms with Crippen LogP contribution in [-0.2, 0) is 6.42 Å². The highest BCUT2D eigenvalue weighted by molar-refractivity contribution is 7.13. The summed E-state index contributed by atoms with van der Waals surface area (Å²) >= 11 is 1.51. The molecule has 4 rings (SSSR count). The number of nitrogens with one attached hydrogen (secondary N) is 1. The first-order valence-corrected chi connectivity index (χ1v) is 8.79. The molecule has 0 saturated carbocycles. The molecule has 0 atom stereocenters. The van der Waals surface area contributed by atoms with E-state index in [2.05, 4.69) is 15.3 Å². The predicted molar refractivity (Wildman–Crippen MR) is 95.8 cm³/mol. The van der Waals surface area contributed by atoms with E-state index in [-0.39, 0.29) is 5.91 Å². The maximum Gasteiger partial charge on any atom is 0.273 e. The van der Waals surface area contributed by atoms with Crippen LogP contribution in [0.3, 0.4) is 0 Å². The van der Waals surface area contributed by atoms with Crippen molar-refractivity contribution in [2.45, 2.75) is 13.3 Å². The van der Waals surface area contributed by atoms with E-state index in [9.17, 15) is 4.79 Å². The zero-order chi connectivity index (χ0) is 17.2. The number of aryl methyl sites for hydroxylation is 1. The fourth-order valence-electron chi connectivity index (χ4n) is 2.70. The number of amides is 1. The number of rotatable bonds is 5. The number of nitrogens with zero attached hydrogens (tertiary/aromatic N) is 3. The second kappa shape index (κ2) is 6.52. The van der Waals surface area contributed by atoms with Gasteiger partial charge in [0.15, 0.2) is 17.8 Å². The minimum absolute atomic E-state index is 0.239. The Labute approximate surface area is 148 Å². The molecule has 4 aromatic rings. The van der Waals surface area contributed by atoms with E-state index in [1.54, 1.807) is 0 Å². The average molecular weight is 352 g/mol. The smallest absolute Gasteiger partial charge is 0.273 e. The summed E-state index contributed by atoms with van der Waals surface area (Å²) in [4.78, 5) is 21.9. The highest BCUT2D eigenvalue weighted by Gasteiger charge is 2.18. The van der Waals surface area contributed by atoms with E-state index in [0.29, 0.717) is 24.4 Å². The summed E-state index contributed by atoms with van der Waals surface area (Å²) in [6, 6.07) is 7.84. The van der Waals surface area contributed by atoms with Crippen molar-refractivity contribution < 1.29 is 9.21 Å². The number of aromatic nitrogens is 3. The lowest BCUT2D eigenvalue weighted by Crippen LogP contribution is -2.26. The fraction of sp³-hybridized carbons (Fsp3) is 0.167. The van der Waals surface area contributed by atoms with Gasteiger partial charge in [0, 0.05) is 25.4 Å². The third-order valence-electron chi connectivity index (χ3n) is 3.92. The second-order valence-electron chi connectivity index (χ2n) is 5.67.